The van der Waals surface area contributed by atoms with Gasteiger partial charge >= 0.3 is 0 Å². The standard InChI is InChI=1S/C11H16O3S/c1-2-3-4-7-10-8-5-6-9-11(10)15(12,13)14/h5-6,8-9H,2-4,7H2,1H3,(H,12,13,14). The SMILES string of the molecule is CCCCCc1ccccc1S(=O)(=O)O. The van der Waals surface area contributed by atoms with Crippen LogP contribution in [0.5, 0.6) is 0 Å². The van der Waals surface area contributed by atoms with Crippen molar-refractivity contribution in [3.8, 4) is 0 Å². The summed E-state index contributed by atoms with van der Waals surface area (Å²) in [6.07, 6.45) is 3.81. The summed E-state index contributed by atoms with van der Waals surface area (Å²) >= 11 is 0. The Morgan fingerprint density at radius 3 is 2.47 bits per heavy atom. The van der Waals surface area contributed by atoms with Gasteiger partial charge in [-0.15, -0.1) is 0 Å². The van der Waals surface area contributed by atoms with E-state index >= 15 is 0 Å². The van der Waals surface area contributed by atoms with E-state index in [9.17, 15) is 8.42 Å². The number of benzene rings is 1. The molecule has 0 aromatic heterocycles. The third kappa shape index (κ3) is 3.64. The molecule has 0 atom stereocenters. The van der Waals surface area contributed by atoms with E-state index in [1.165, 1.54) is 6.07 Å². The maximum atomic E-state index is 11.0. The van der Waals surface area contributed by atoms with E-state index in [0.29, 0.717) is 12.0 Å². The Labute approximate surface area is 90.9 Å². The predicted molar refractivity (Wildman–Crippen MR) is 59.5 cm³/mol. The van der Waals surface area contributed by atoms with E-state index in [2.05, 4.69) is 6.92 Å². The number of rotatable bonds is 5. The zero-order valence-corrected chi connectivity index (χ0v) is 9.63. The van der Waals surface area contributed by atoms with Gasteiger partial charge in [0.15, 0.2) is 0 Å². The van der Waals surface area contributed by atoms with E-state index in [1.807, 2.05) is 0 Å². The van der Waals surface area contributed by atoms with Crippen LogP contribution < -0.4 is 0 Å². The van der Waals surface area contributed by atoms with Crippen molar-refractivity contribution in [1.82, 2.24) is 0 Å². The van der Waals surface area contributed by atoms with Crippen LogP contribution in [0.1, 0.15) is 31.7 Å². The average molecular weight is 228 g/mol. The lowest BCUT2D eigenvalue weighted by molar-refractivity contribution is 0.481. The molecular weight excluding hydrogens is 212 g/mol. The Morgan fingerprint density at radius 1 is 1.20 bits per heavy atom. The molecular formula is C11H16O3S. The number of unbranched alkanes of at least 4 members (excludes halogenated alkanes) is 2. The van der Waals surface area contributed by atoms with E-state index < -0.39 is 10.1 Å². The van der Waals surface area contributed by atoms with Gasteiger partial charge in [-0.05, 0) is 24.5 Å². The summed E-state index contributed by atoms with van der Waals surface area (Å²) in [4.78, 5) is 0.0427. The van der Waals surface area contributed by atoms with Crippen LogP contribution in [-0.2, 0) is 16.5 Å². The molecule has 1 rings (SSSR count). The average Bonchev–Trinajstić information content (AvgIpc) is 2.17. The maximum Gasteiger partial charge on any atom is 0.294 e. The molecule has 0 saturated heterocycles. The fourth-order valence-corrected chi connectivity index (χ4v) is 2.28. The van der Waals surface area contributed by atoms with E-state index in [-0.39, 0.29) is 4.90 Å². The van der Waals surface area contributed by atoms with Crippen molar-refractivity contribution < 1.29 is 13.0 Å². The molecule has 3 nitrogen and oxygen atoms in total. The first kappa shape index (κ1) is 12.2. The number of hydrogen-bond acceptors (Lipinski definition) is 2. The molecule has 0 unspecified atom stereocenters. The van der Waals surface area contributed by atoms with Crippen LogP contribution in [-0.4, -0.2) is 13.0 Å². The van der Waals surface area contributed by atoms with Gasteiger partial charge in [-0.25, -0.2) is 0 Å². The van der Waals surface area contributed by atoms with Crippen molar-refractivity contribution in [2.24, 2.45) is 0 Å². The van der Waals surface area contributed by atoms with Crippen molar-refractivity contribution in [2.45, 2.75) is 37.5 Å². The highest BCUT2D eigenvalue weighted by atomic mass is 32.2. The summed E-state index contributed by atoms with van der Waals surface area (Å²) < 4.78 is 31.1. The Hall–Kier alpha value is -0.870. The zero-order chi connectivity index (χ0) is 11.3. The van der Waals surface area contributed by atoms with Gasteiger partial charge in [0.05, 0.1) is 4.90 Å². The molecule has 1 N–H and O–H groups in total. The first-order valence-electron chi connectivity index (χ1n) is 5.11. The summed E-state index contributed by atoms with van der Waals surface area (Å²) in [6.45, 7) is 2.09. The van der Waals surface area contributed by atoms with Crippen molar-refractivity contribution >= 4 is 10.1 Å². The molecule has 0 fully saturated rings. The second-order valence-electron chi connectivity index (χ2n) is 3.54. The lowest BCUT2D eigenvalue weighted by atomic mass is 10.1. The summed E-state index contributed by atoms with van der Waals surface area (Å²) in [5.41, 5.74) is 0.702. The summed E-state index contributed by atoms with van der Waals surface area (Å²) in [7, 11) is -4.07. The largest absolute Gasteiger partial charge is 0.294 e. The van der Waals surface area contributed by atoms with Crippen molar-refractivity contribution in [3.63, 3.8) is 0 Å². The van der Waals surface area contributed by atoms with E-state index in [0.717, 1.165) is 19.3 Å². The van der Waals surface area contributed by atoms with Gasteiger partial charge in [-0.3, -0.25) is 4.55 Å². The van der Waals surface area contributed by atoms with Crippen LogP contribution in [0.3, 0.4) is 0 Å². The Bertz CT molecular complexity index is 410. The van der Waals surface area contributed by atoms with Crippen LogP contribution in [0.15, 0.2) is 29.2 Å². The third-order valence-electron chi connectivity index (χ3n) is 2.30. The number of aryl methyl sites for hydroxylation is 1. The highest BCUT2D eigenvalue weighted by Gasteiger charge is 2.13. The molecule has 0 radical (unpaired) electrons. The molecule has 4 heteroatoms. The number of hydrogen-bond donors (Lipinski definition) is 1. The molecule has 1 aromatic rings. The minimum absolute atomic E-state index is 0.0427. The van der Waals surface area contributed by atoms with Crippen LogP contribution in [0.2, 0.25) is 0 Å². The van der Waals surface area contributed by atoms with Crippen molar-refractivity contribution in [3.05, 3.63) is 29.8 Å². The lowest BCUT2D eigenvalue weighted by Crippen LogP contribution is -2.02. The minimum Gasteiger partial charge on any atom is -0.282 e. The summed E-state index contributed by atoms with van der Waals surface area (Å²) in [6, 6.07) is 6.59. The molecule has 15 heavy (non-hydrogen) atoms. The molecule has 84 valence electrons. The molecule has 0 spiro atoms. The fourth-order valence-electron chi connectivity index (χ4n) is 1.53. The van der Waals surface area contributed by atoms with Crippen LogP contribution in [0.25, 0.3) is 0 Å². The van der Waals surface area contributed by atoms with E-state index in [1.54, 1.807) is 18.2 Å². The third-order valence-corrected chi connectivity index (χ3v) is 3.25. The van der Waals surface area contributed by atoms with Gasteiger partial charge < -0.3 is 0 Å². The van der Waals surface area contributed by atoms with Crippen molar-refractivity contribution in [2.75, 3.05) is 0 Å². The second-order valence-corrected chi connectivity index (χ2v) is 4.93. The van der Waals surface area contributed by atoms with Gasteiger partial charge in [-0.1, -0.05) is 38.0 Å². The van der Waals surface area contributed by atoms with Gasteiger partial charge in [0.25, 0.3) is 10.1 Å². The Balaban J connectivity index is 2.88. The van der Waals surface area contributed by atoms with Crippen LogP contribution in [0.4, 0.5) is 0 Å². The fraction of sp³-hybridized carbons (Fsp3) is 0.455. The molecule has 0 heterocycles. The molecule has 0 saturated carbocycles. The predicted octanol–water partition coefficient (Wildman–Crippen LogP) is 2.67. The molecule has 0 aliphatic rings. The minimum atomic E-state index is -4.07. The van der Waals surface area contributed by atoms with Crippen molar-refractivity contribution in [1.29, 1.82) is 0 Å². The first-order chi connectivity index (χ1) is 7.05. The van der Waals surface area contributed by atoms with E-state index in [4.69, 9.17) is 4.55 Å². The van der Waals surface area contributed by atoms with Crippen LogP contribution >= 0.6 is 0 Å². The molecule has 0 aliphatic carbocycles. The summed E-state index contributed by atoms with van der Waals surface area (Å²) in [5, 5.41) is 0. The monoisotopic (exact) mass is 228 g/mol. The first-order valence-corrected chi connectivity index (χ1v) is 6.55. The normalized spacial score (nSPS) is 11.6. The lowest BCUT2D eigenvalue weighted by Gasteiger charge is -2.05. The quantitative estimate of drug-likeness (QED) is 0.622. The van der Waals surface area contributed by atoms with Gasteiger partial charge in [0.1, 0.15) is 0 Å². The smallest absolute Gasteiger partial charge is 0.282 e. The van der Waals surface area contributed by atoms with Crippen LogP contribution in [0, 0.1) is 0 Å². The molecule has 0 bridgehead atoms. The van der Waals surface area contributed by atoms with Gasteiger partial charge in [-0.2, -0.15) is 8.42 Å². The van der Waals surface area contributed by atoms with Gasteiger partial charge in [0.2, 0.25) is 0 Å². The summed E-state index contributed by atoms with van der Waals surface area (Å²) in [5.74, 6) is 0. The van der Waals surface area contributed by atoms with Gasteiger partial charge in [0, 0.05) is 0 Å². The second kappa shape index (κ2) is 5.28. The molecule has 0 amide bonds. The molecule has 1 aromatic carbocycles. The molecule has 0 aliphatic heterocycles. The Morgan fingerprint density at radius 2 is 1.87 bits per heavy atom. The highest BCUT2D eigenvalue weighted by molar-refractivity contribution is 7.85. The highest BCUT2D eigenvalue weighted by Crippen LogP contribution is 2.17. The maximum absolute atomic E-state index is 11.0. The Kier molecular flexibility index (Phi) is 4.29. The zero-order valence-electron chi connectivity index (χ0n) is 8.81. The topological polar surface area (TPSA) is 54.4 Å².